The van der Waals surface area contributed by atoms with E-state index < -0.39 is 0 Å². The number of nitrogens with zero attached hydrogens (tertiary/aromatic N) is 1. The second-order valence-electron chi connectivity index (χ2n) is 6.15. The molecule has 1 fully saturated rings. The van der Waals surface area contributed by atoms with E-state index in [0.29, 0.717) is 23.1 Å². The summed E-state index contributed by atoms with van der Waals surface area (Å²) < 4.78 is 0. The molecule has 1 heterocycles. The Balaban J connectivity index is 2.15. The van der Waals surface area contributed by atoms with E-state index in [1.165, 1.54) is 12.8 Å². The molecule has 0 radical (unpaired) electrons. The zero-order chi connectivity index (χ0) is 13.9. The van der Waals surface area contributed by atoms with Crippen LogP contribution in [0.1, 0.15) is 51.5 Å². The lowest BCUT2D eigenvalue weighted by atomic mass is 9.73. The van der Waals surface area contributed by atoms with Gasteiger partial charge in [0.25, 0.3) is 0 Å². The molecule has 1 aliphatic carbocycles. The number of pyridine rings is 1. The number of hydrogen-bond acceptors (Lipinski definition) is 2. The number of halogens is 1. The average molecular weight is 280 g/mol. The zero-order valence-corrected chi connectivity index (χ0v) is 12.5. The Labute approximate surface area is 120 Å². The lowest BCUT2D eigenvalue weighted by molar-refractivity contribution is -0.128. The van der Waals surface area contributed by atoms with Crippen LogP contribution in [-0.4, -0.2) is 10.8 Å². The van der Waals surface area contributed by atoms with Crippen LogP contribution in [0.4, 0.5) is 0 Å². The van der Waals surface area contributed by atoms with Gasteiger partial charge in [0.2, 0.25) is 0 Å². The van der Waals surface area contributed by atoms with Crippen molar-refractivity contribution in [2.75, 3.05) is 0 Å². The Morgan fingerprint density at radius 3 is 2.68 bits per heavy atom. The van der Waals surface area contributed by atoms with Crippen molar-refractivity contribution in [1.82, 2.24) is 4.98 Å². The number of rotatable bonds is 5. The largest absolute Gasteiger partial charge is 0.299 e. The van der Waals surface area contributed by atoms with Gasteiger partial charge in [-0.3, -0.25) is 9.78 Å². The molecule has 3 heteroatoms. The molecule has 104 valence electrons. The number of Topliss-reactive ketones (excluding diaryl/α,β-unsaturated/α-hetero) is 1. The molecule has 0 N–H and O–H groups in total. The third kappa shape index (κ3) is 3.36. The summed E-state index contributed by atoms with van der Waals surface area (Å²) in [4.78, 5) is 16.7. The summed E-state index contributed by atoms with van der Waals surface area (Å²) in [5, 5.41) is 0.605. The number of carbonyl (C=O) groups excluding carboxylic acids is 1. The molecule has 0 bridgehead atoms. The van der Waals surface area contributed by atoms with Crippen molar-refractivity contribution in [3.05, 3.63) is 29.0 Å². The fourth-order valence-electron chi connectivity index (χ4n) is 3.34. The molecule has 2 rings (SSSR count). The molecular formula is C16H22ClNO. The van der Waals surface area contributed by atoms with Gasteiger partial charge in [-0.05, 0) is 36.8 Å². The van der Waals surface area contributed by atoms with Crippen LogP contribution in [0.2, 0.25) is 5.02 Å². The van der Waals surface area contributed by atoms with Crippen molar-refractivity contribution < 1.29 is 4.79 Å². The summed E-state index contributed by atoms with van der Waals surface area (Å²) in [6.07, 6.45) is 9.25. The summed E-state index contributed by atoms with van der Waals surface area (Å²) >= 11 is 6.11. The van der Waals surface area contributed by atoms with Gasteiger partial charge in [-0.1, -0.05) is 38.3 Å². The zero-order valence-electron chi connectivity index (χ0n) is 11.8. The number of hydrogen-bond donors (Lipinski definition) is 0. The molecule has 1 saturated carbocycles. The minimum Gasteiger partial charge on any atom is -0.299 e. The second kappa shape index (κ2) is 6.04. The third-order valence-corrected chi connectivity index (χ3v) is 4.50. The van der Waals surface area contributed by atoms with E-state index in [0.717, 1.165) is 24.8 Å². The highest BCUT2D eigenvalue weighted by atomic mass is 35.5. The lowest BCUT2D eigenvalue weighted by Crippen LogP contribution is -2.31. The lowest BCUT2D eigenvalue weighted by Gasteiger charge is -2.29. The van der Waals surface area contributed by atoms with Gasteiger partial charge < -0.3 is 0 Å². The first-order chi connectivity index (χ1) is 9.03. The standard InChI is InChI=1S/C16H22ClNO/c1-12(2)10-16(6-3-4-7-16)15(19)9-13-5-8-18-11-14(13)17/h5,8,11-12H,3-4,6-7,9-10H2,1-2H3. The van der Waals surface area contributed by atoms with Crippen molar-refractivity contribution in [3.63, 3.8) is 0 Å². The summed E-state index contributed by atoms with van der Waals surface area (Å²) in [6, 6.07) is 1.86. The van der Waals surface area contributed by atoms with Gasteiger partial charge in [-0.15, -0.1) is 0 Å². The first-order valence-electron chi connectivity index (χ1n) is 7.15. The van der Waals surface area contributed by atoms with Crippen molar-refractivity contribution in [1.29, 1.82) is 0 Å². The second-order valence-corrected chi connectivity index (χ2v) is 6.56. The van der Waals surface area contributed by atoms with E-state index >= 15 is 0 Å². The number of aromatic nitrogens is 1. The first kappa shape index (κ1) is 14.5. The maximum absolute atomic E-state index is 12.7. The average Bonchev–Trinajstić information content (AvgIpc) is 2.81. The molecule has 0 atom stereocenters. The molecule has 0 saturated heterocycles. The summed E-state index contributed by atoms with van der Waals surface area (Å²) in [5.41, 5.74) is 0.817. The summed E-state index contributed by atoms with van der Waals surface area (Å²) in [7, 11) is 0. The molecule has 0 aliphatic heterocycles. The van der Waals surface area contributed by atoms with E-state index in [1.54, 1.807) is 12.4 Å². The Kier molecular flexibility index (Phi) is 4.62. The molecule has 0 unspecified atom stereocenters. The SMILES string of the molecule is CC(C)CC1(C(=O)Cc2ccncc2Cl)CCCC1. The molecular weight excluding hydrogens is 258 g/mol. The van der Waals surface area contributed by atoms with Crippen molar-refractivity contribution in [2.45, 2.75) is 52.4 Å². The highest BCUT2D eigenvalue weighted by Gasteiger charge is 2.40. The molecule has 1 aromatic rings. The van der Waals surface area contributed by atoms with Gasteiger partial charge in [0.15, 0.2) is 0 Å². The predicted molar refractivity (Wildman–Crippen MR) is 78.3 cm³/mol. The molecule has 1 aliphatic rings. The summed E-state index contributed by atoms with van der Waals surface area (Å²) in [6.45, 7) is 4.40. The van der Waals surface area contributed by atoms with Crippen LogP contribution in [0.5, 0.6) is 0 Å². The number of carbonyl (C=O) groups is 1. The van der Waals surface area contributed by atoms with Crippen molar-refractivity contribution in [3.8, 4) is 0 Å². The first-order valence-corrected chi connectivity index (χ1v) is 7.53. The van der Waals surface area contributed by atoms with Gasteiger partial charge in [0.1, 0.15) is 5.78 Å². The molecule has 2 nitrogen and oxygen atoms in total. The predicted octanol–water partition coefficient (Wildman–Crippen LogP) is 4.45. The van der Waals surface area contributed by atoms with Crippen LogP contribution in [0.15, 0.2) is 18.5 Å². The smallest absolute Gasteiger partial charge is 0.143 e. The van der Waals surface area contributed by atoms with Gasteiger partial charge in [-0.25, -0.2) is 0 Å². The summed E-state index contributed by atoms with van der Waals surface area (Å²) in [5.74, 6) is 0.932. The van der Waals surface area contributed by atoms with Crippen molar-refractivity contribution in [2.24, 2.45) is 11.3 Å². The minimum atomic E-state index is -0.0965. The molecule has 19 heavy (non-hydrogen) atoms. The fourth-order valence-corrected chi connectivity index (χ4v) is 3.52. The Morgan fingerprint density at radius 1 is 1.42 bits per heavy atom. The Hall–Kier alpha value is -0.890. The van der Waals surface area contributed by atoms with E-state index in [-0.39, 0.29) is 5.41 Å². The molecule has 0 spiro atoms. The topological polar surface area (TPSA) is 30.0 Å². The van der Waals surface area contributed by atoms with Crippen LogP contribution in [-0.2, 0) is 11.2 Å². The molecule has 1 aromatic heterocycles. The molecule has 0 amide bonds. The van der Waals surface area contributed by atoms with Crippen LogP contribution < -0.4 is 0 Å². The van der Waals surface area contributed by atoms with Crippen LogP contribution in [0, 0.1) is 11.3 Å². The highest BCUT2D eigenvalue weighted by molar-refractivity contribution is 6.31. The quantitative estimate of drug-likeness (QED) is 0.797. The Bertz CT molecular complexity index is 450. The molecule has 0 aromatic carbocycles. The van der Waals surface area contributed by atoms with Crippen molar-refractivity contribution >= 4 is 17.4 Å². The van der Waals surface area contributed by atoms with Crippen LogP contribution in [0.3, 0.4) is 0 Å². The van der Waals surface area contributed by atoms with E-state index in [9.17, 15) is 4.79 Å². The van der Waals surface area contributed by atoms with E-state index in [2.05, 4.69) is 18.8 Å². The highest BCUT2D eigenvalue weighted by Crippen LogP contribution is 2.44. The third-order valence-electron chi connectivity index (χ3n) is 4.16. The van der Waals surface area contributed by atoms with Crippen LogP contribution in [0.25, 0.3) is 0 Å². The van der Waals surface area contributed by atoms with Gasteiger partial charge in [-0.2, -0.15) is 0 Å². The van der Waals surface area contributed by atoms with E-state index in [1.807, 2.05) is 6.07 Å². The normalized spacial score (nSPS) is 17.9. The monoisotopic (exact) mass is 279 g/mol. The maximum Gasteiger partial charge on any atom is 0.143 e. The maximum atomic E-state index is 12.7. The van der Waals surface area contributed by atoms with Gasteiger partial charge in [0, 0.05) is 24.2 Å². The van der Waals surface area contributed by atoms with Gasteiger partial charge in [0.05, 0.1) is 5.02 Å². The van der Waals surface area contributed by atoms with Crippen LogP contribution >= 0.6 is 11.6 Å². The minimum absolute atomic E-state index is 0.0965. The van der Waals surface area contributed by atoms with E-state index in [4.69, 9.17) is 11.6 Å². The number of ketones is 1. The fraction of sp³-hybridized carbons (Fsp3) is 0.625. The Morgan fingerprint density at radius 2 is 2.11 bits per heavy atom. The van der Waals surface area contributed by atoms with Gasteiger partial charge >= 0.3 is 0 Å².